The van der Waals surface area contributed by atoms with Crippen LogP contribution < -0.4 is 15.8 Å². The third-order valence-electron chi connectivity index (χ3n) is 5.50. The molecule has 10 nitrogen and oxygen atoms in total. The van der Waals surface area contributed by atoms with E-state index in [9.17, 15) is 13.2 Å². The highest BCUT2D eigenvalue weighted by molar-refractivity contribution is 7.89. The highest BCUT2D eigenvalue weighted by Gasteiger charge is 2.23. The van der Waals surface area contributed by atoms with Gasteiger partial charge in [0.15, 0.2) is 11.5 Å². The smallest absolute Gasteiger partial charge is 0.251 e. The molecular weight excluding hydrogens is 454 g/mol. The van der Waals surface area contributed by atoms with E-state index >= 15 is 0 Å². The van der Waals surface area contributed by atoms with Crippen LogP contribution in [-0.4, -0.2) is 52.0 Å². The zero-order valence-corrected chi connectivity index (χ0v) is 19.0. The number of pyridine rings is 1. The van der Waals surface area contributed by atoms with Gasteiger partial charge in [-0.3, -0.25) is 14.2 Å². The summed E-state index contributed by atoms with van der Waals surface area (Å²) >= 11 is 0. The summed E-state index contributed by atoms with van der Waals surface area (Å²) in [4.78, 5) is 25.5. The second kappa shape index (κ2) is 8.84. The summed E-state index contributed by atoms with van der Waals surface area (Å²) in [5.41, 5.74) is 4.33. The molecule has 0 bridgehead atoms. The molecule has 1 aliphatic rings. The number of carbonyl (C=O) groups is 1. The molecule has 0 unspecified atom stereocenters. The normalized spacial score (nSPS) is 13.7. The molecule has 1 fully saturated rings. The molecule has 34 heavy (non-hydrogen) atoms. The van der Waals surface area contributed by atoms with E-state index in [0.29, 0.717) is 28.8 Å². The molecule has 1 aromatic carbocycles. The number of nitrogens with one attached hydrogen (secondary N) is 2. The minimum absolute atomic E-state index is 0.0716. The maximum atomic E-state index is 12.3. The molecule has 11 heteroatoms. The van der Waals surface area contributed by atoms with E-state index in [2.05, 4.69) is 25.6 Å². The van der Waals surface area contributed by atoms with Crippen LogP contribution in [-0.2, 0) is 10.0 Å². The van der Waals surface area contributed by atoms with Crippen molar-refractivity contribution in [2.45, 2.75) is 18.9 Å². The molecule has 0 aliphatic heterocycles. The van der Waals surface area contributed by atoms with Crippen molar-refractivity contribution in [3.63, 3.8) is 0 Å². The largest absolute Gasteiger partial charge is 0.366 e. The summed E-state index contributed by atoms with van der Waals surface area (Å²) in [6.07, 6.45) is 9.01. The third kappa shape index (κ3) is 4.90. The summed E-state index contributed by atoms with van der Waals surface area (Å²) in [7, 11) is -3.62. The maximum Gasteiger partial charge on any atom is 0.251 e. The zero-order chi connectivity index (χ0) is 23.7. The average molecular weight is 478 g/mol. The Kier molecular flexibility index (Phi) is 5.72. The first-order valence-electron chi connectivity index (χ1n) is 10.8. The van der Waals surface area contributed by atoms with Crippen LogP contribution in [0.25, 0.3) is 28.2 Å². The quantitative estimate of drug-likeness (QED) is 0.352. The van der Waals surface area contributed by atoms with Crippen molar-refractivity contribution < 1.29 is 13.2 Å². The highest BCUT2D eigenvalue weighted by atomic mass is 32.2. The van der Waals surface area contributed by atoms with Gasteiger partial charge >= 0.3 is 0 Å². The SMILES string of the molecule is NS(=O)(=O)CCNc1nc(-c2ccncc2)cn2c(-c3ccc(C(=O)NC4CC4)cc3)cnc12. The number of sulfonamides is 1. The van der Waals surface area contributed by atoms with Gasteiger partial charge in [0.2, 0.25) is 10.0 Å². The predicted molar refractivity (Wildman–Crippen MR) is 129 cm³/mol. The van der Waals surface area contributed by atoms with Crippen molar-refractivity contribution in [3.8, 4) is 22.5 Å². The Morgan fingerprint density at radius 2 is 1.82 bits per heavy atom. The number of rotatable bonds is 8. The van der Waals surface area contributed by atoms with E-state index in [1.165, 1.54) is 0 Å². The average Bonchev–Trinajstić information content (AvgIpc) is 3.54. The lowest BCUT2D eigenvalue weighted by molar-refractivity contribution is 0.0951. The second-order valence-electron chi connectivity index (χ2n) is 8.17. The first kappa shape index (κ1) is 22.0. The van der Waals surface area contributed by atoms with E-state index in [4.69, 9.17) is 5.14 Å². The lowest BCUT2D eigenvalue weighted by atomic mass is 10.1. The van der Waals surface area contributed by atoms with Crippen LogP contribution in [0.5, 0.6) is 0 Å². The molecule has 1 saturated carbocycles. The van der Waals surface area contributed by atoms with Crippen molar-refractivity contribution in [2.24, 2.45) is 5.14 Å². The summed E-state index contributed by atoms with van der Waals surface area (Å²) in [5, 5.41) is 11.2. The van der Waals surface area contributed by atoms with Crippen LogP contribution in [0.4, 0.5) is 5.82 Å². The molecule has 3 heterocycles. The Morgan fingerprint density at radius 1 is 1.09 bits per heavy atom. The molecular formula is C23H23N7O3S. The monoisotopic (exact) mass is 477 g/mol. The Labute approximate surface area is 196 Å². The van der Waals surface area contributed by atoms with Crippen LogP contribution in [0.15, 0.2) is 61.2 Å². The van der Waals surface area contributed by atoms with Gasteiger partial charge in [-0.05, 0) is 37.1 Å². The number of primary sulfonamides is 1. The number of nitrogens with zero attached hydrogens (tertiary/aromatic N) is 4. The van der Waals surface area contributed by atoms with E-state index < -0.39 is 10.0 Å². The number of aromatic nitrogens is 4. The molecule has 0 radical (unpaired) electrons. The van der Waals surface area contributed by atoms with Crippen molar-refractivity contribution in [2.75, 3.05) is 17.6 Å². The number of amides is 1. The predicted octanol–water partition coefficient (Wildman–Crippen LogP) is 2.05. The fourth-order valence-corrected chi connectivity index (χ4v) is 3.97. The second-order valence-corrected chi connectivity index (χ2v) is 9.90. The molecule has 4 N–H and O–H groups in total. The molecule has 3 aromatic heterocycles. The first-order chi connectivity index (χ1) is 16.4. The molecule has 1 aliphatic carbocycles. The van der Waals surface area contributed by atoms with Gasteiger partial charge in [-0.2, -0.15) is 0 Å². The number of hydrogen-bond donors (Lipinski definition) is 3. The highest BCUT2D eigenvalue weighted by Crippen LogP contribution is 2.28. The van der Waals surface area contributed by atoms with Crippen molar-refractivity contribution >= 4 is 27.4 Å². The van der Waals surface area contributed by atoms with Crippen LogP contribution in [0.3, 0.4) is 0 Å². The number of nitrogens with two attached hydrogens (primary N) is 1. The van der Waals surface area contributed by atoms with Gasteiger partial charge in [-0.25, -0.2) is 23.5 Å². The lowest BCUT2D eigenvalue weighted by Crippen LogP contribution is -2.25. The topological polar surface area (TPSA) is 144 Å². The van der Waals surface area contributed by atoms with Crippen LogP contribution in [0, 0.1) is 0 Å². The summed E-state index contributed by atoms with van der Waals surface area (Å²) in [6.45, 7) is 0.0916. The van der Waals surface area contributed by atoms with Gasteiger partial charge < -0.3 is 10.6 Å². The molecule has 1 amide bonds. The maximum absolute atomic E-state index is 12.3. The molecule has 4 aromatic rings. The fourth-order valence-electron chi connectivity index (χ4n) is 3.58. The van der Waals surface area contributed by atoms with Gasteiger partial charge in [0.25, 0.3) is 5.91 Å². The van der Waals surface area contributed by atoms with E-state index in [0.717, 1.165) is 29.7 Å². The fraction of sp³-hybridized carbons (Fsp3) is 0.217. The van der Waals surface area contributed by atoms with Crippen LogP contribution in [0.2, 0.25) is 0 Å². The van der Waals surface area contributed by atoms with Crippen LogP contribution in [0.1, 0.15) is 23.2 Å². The first-order valence-corrected chi connectivity index (χ1v) is 12.5. The van der Waals surface area contributed by atoms with Gasteiger partial charge in [-0.15, -0.1) is 0 Å². The van der Waals surface area contributed by atoms with Gasteiger partial charge in [0.1, 0.15) is 0 Å². The Balaban J connectivity index is 1.52. The third-order valence-corrected chi connectivity index (χ3v) is 6.28. The Morgan fingerprint density at radius 3 is 2.50 bits per heavy atom. The van der Waals surface area contributed by atoms with E-state index in [1.807, 2.05) is 34.9 Å². The van der Waals surface area contributed by atoms with Crippen molar-refractivity contribution in [3.05, 3.63) is 66.7 Å². The molecule has 174 valence electrons. The van der Waals surface area contributed by atoms with Crippen LogP contribution >= 0.6 is 0 Å². The molecule has 0 atom stereocenters. The van der Waals surface area contributed by atoms with E-state index in [-0.39, 0.29) is 18.2 Å². The number of benzene rings is 1. The number of fused-ring (bicyclic) bond motifs is 1. The number of carbonyl (C=O) groups excluding carboxylic acids is 1. The molecule has 0 spiro atoms. The molecule has 5 rings (SSSR count). The number of hydrogen-bond acceptors (Lipinski definition) is 7. The summed E-state index contributed by atoms with van der Waals surface area (Å²) < 4.78 is 24.6. The standard InChI is InChI=1S/C23H23N7O3S/c24-34(32,33)12-11-26-21-22-27-13-20(30(22)14-19(29-21)15-7-9-25-10-8-15)16-1-3-17(4-2-16)23(31)28-18-5-6-18/h1-4,7-10,13-14,18H,5-6,11-12H2,(H,26,29)(H,28,31)(H2,24,32,33). The number of anilines is 1. The van der Waals surface area contributed by atoms with E-state index in [1.54, 1.807) is 30.7 Å². The minimum atomic E-state index is -3.62. The summed E-state index contributed by atoms with van der Waals surface area (Å²) in [5.74, 6) is 0.125. The van der Waals surface area contributed by atoms with Gasteiger partial charge in [0.05, 0.1) is 23.3 Å². The van der Waals surface area contributed by atoms with Gasteiger partial charge in [-0.1, -0.05) is 12.1 Å². The Bertz CT molecular complexity index is 1450. The number of imidazole rings is 1. The zero-order valence-electron chi connectivity index (χ0n) is 18.2. The lowest BCUT2D eigenvalue weighted by Gasteiger charge is -2.11. The summed E-state index contributed by atoms with van der Waals surface area (Å²) in [6, 6.07) is 11.3. The molecule has 0 saturated heterocycles. The van der Waals surface area contributed by atoms with Crippen molar-refractivity contribution in [1.82, 2.24) is 24.7 Å². The van der Waals surface area contributed by atoms with Crippen molar-refractivity contribution in [1.29, 1.82) is 0 Å². The minimum Gasteiger partial charge on any atom is -0.366 e. The Hall–Kier alpha value is -3.83. The van der Waals surface area contributed by atoms with Gasteiger partial charge in [0, 0.05) is 47.9 Å².